The fourth-order valence-corrected chi connectivity index (χ4v) is 1.29. The number of ether oxygens (including phenoxy) is 1. The fraction of sp³-hybridized carbons (Fsp3) is 0.900. The van der Waals surface area contributed by atoms with Gasteiger partial charge in [-0.15, -0.1) is 0 Å². The fourth-order valence-electron chi connectivity index (χ4n) is 1.29. The van der Waals surface area contributed by atoms with Gasteiger partial charge in [-0.05, 0) is 20.9 Å². The topological polar surface area (TPSA) is 44.8 Å². The molecular formula is C10H21N3O2. The summed E-state index contributed by atoms with van der Waals surface area (Å²) >= 11 is 0. The maximum Gasteiger partial charge on any atom is 0.265 e. The molecule has 0 aromatic rings. The summed E-state index contributed by atoms with van der Waals surface area (Å²) in [5.41, 5.74) is 2.11. The van der Waals surface area contributed by atoms with Gasteiger partial charge in [-0.1, -0.05) is 0 Å². The van der Waals surface area contributed by atoms with E-state index >= 15 is 0 Å². The van der Waals surface area contributed by atoms with Gasteiger partial charge in [0.15, 0.2) is 0 Å². The molecule has 0 spiro atoms. The lowest BCUT2D eigenvalue weighted by Gasteiger charge is -2.34. The molecule has 0 aromatic heterocycles. The first kappa shape index (κ1) is 12.4. The minimum atomic E-state index is -0.761. The van der Waals surface area contributed by atoms with Crippen molar-refractivity contribution >= 4 is 5.91 Å². The molecule has 0 aromatic carbocycles. The molecule has 1 saturated heterocycles. The van der Waals surface area contributed by atoms with Crippen molar-refractivity contribution in [1.82, 2.24) is 15.3 Å². The Labute approximate surface area is 91.3 Å². The summed E-state index contributed by atoms with van der Waals surface area (Å²) < 4.78 is 5.11. The molecule has 0 unspecified atom stereocenters. The maximum absolute atomic E-state index is 11.8. The Hall–Kier alpha value is -0.650. The number of piperazine rings is 1. The van der Waals surface area contributed by atoms with Crippen LogP contribution >= 0.6 is 0 Å². The monoisotopic (exact) mass is 215 g/mol. The maximum atomic E-state index is 11.8. The van der Waals surface area contributed by atoms with Crippen LogP contribution in [0.2, 0.25) is 0 Å². The zero-order valence-electron chi connectivity index (χ0n) is 10.0. The van der Waals surface area contributed by atoms with Gasteiger partial charge in [0.1, 0.15) is 5.60 Å². The molecule has 88 valence electrons. The molecule has 15 heavy (non-hydrogen) atoms. The summed E-state index contributed by atoms with van der Waals surface area (Å²) in [5, 5.41) is 1.95. The van der Waals surface area contributed by atoms with Gasteiger partial charge in [0, 0.05) is 33.3 Å². The number of likely N-dealkylation sites (N-methyl/N-ethyl adjacent to an activating group) is 1. The van der Waals surface area contributed by atoms with Crippen molar-refractivity contribution in [2.45, 2.75) is 19.4 Å². The van der Waals surface area contributed by atoms with E-state index in [9.17, 15) is 4.79 Å². The van der Waals surface area contributed by atoms with Crippen LogP contribution in [0.25, 0.3) is 0 Å². The second kappa shape index (κ2) is 4.92. The molecule has 0 aliphatic carbocycles. The number of nitrogens with zero attached hydrogens (tertiary/aromatic N) is 2. The van der Waals surface area contributed by atoms with Crippen molar-refractivity contribution < 1.29 is 9.53 Å². The lowest BCUT2D eigenvalue weighted by Crippen LogP contribution is -2.56. The Balaban J connectivity index is 2.39. The summed E-state index contributed by atoms with van der Waals surface area (Å²) in [6, 6.07) is 0. The summed E-state index contributed by atoms with van der Waals surface area (Å²) in [6.07, 6.45) is 0. The molecule has 1 aliphatic heterocycles. The minimum absolute atomic E-state index is 0.0884. The number of hydrogen-bond acceptors (Lipinski definition) is 4. The SMILES string of the molecule is COC(C)(C)C(=O)NN1CCN(C)CC1. The lowest BCUT2D eigenvalue weighted by molar-refractivity contribution is -0.145. The summed E-state index contributed by atoms with van der Waals surface area (Å²) in [6.45, 7) is 7.21. The third kappa shape index (κ3) is 3.44. The normalized spacial score (nSPS) is 20.3. The van der Waals surface area contributed by atoms with Gasteiger partial charge in [0.2, 0.25) is 0 Å². The van der Waals surface area contributed by atoms with E-state index in [-0.39, 0.29) is 5.91 Å². The van der Waals surface area contributed by atoms with Crippen molar-refractivity contribution in [2.24, 2.45) is 0 Å². The van der Waals surface area contributed by atoms with Gasteiger partial charge in [0.05, 0.1) is 0 Å². The Morgan fingerprint density at radius 3 is 2.27 bits per heavy atom. The van der Waals surface area contributed by atoms with Crippen LogP contribution in [-0.2, 0) is 9.53 Å². The van der Waals surface area contributed by atoms with E-state index in [4.69, 9.17) is 4.74 Å². The minimum Gasteiger partial charge on any atom is -0.369 e. The smallest absolute Gasteiger partial charge is 0.265 e. The standard InChI is InChI=1S/C10H21N3O2/c1-10(2,15-4)9(14)11-13-7-5-12(3)6-8-13/h5-8H2,1-4H3,(H,11,14). The molecule has 1 aliphatic rings. The van der Waals surface area contributed by atoms with E-state index < -0.39 is 5.60 Å². The van der Waals surface area contributed by atoms with Crippen LogP contribution in [0.15, 0.2) is 0 Å². The van der Waals surface area contributed by atoms with Crippen LogP contribution in [0.3, 0.4) is 0 Å². The molecule has 1 heterocycles. The first-order chi connectivity index (χ1) is 6.95. The predicted octanol–water partition coefficient (Wildman–Crippen LogP) is -0.310. The van der Waals surface area contributed by atoms with Crippen LogP contribution in [0, 0.1) is 0 Å². The number of carbonyl (C=O) groups excluding carboxylic acids is 1. The molecule has 0 radical (unpaired) electrons. The highest BCUT2D eigenvalue weighted by Gasteiger charge is 2.29. The molecule has 0 bridgehead atoms. The van der Waals surface area contributed by atoms with Crippen molar-refractivity contribution in [2.75, 3.05) is 40.3 Å². The Morgan fingerprint density at radius 2 is 1.80 bits per heavy atom. The molecular weight excluding hydrogens is 194 g/mol. The number of carbonyl (C=O) groups is 1. The van der Waals surface area contributed by atoms with Gasteiger partial charge >= 0.3 is 0 Å². The van der Waals surface area contributed by atoms with Crippen LogP contribution in [0.4, 0.5) is 0 Å². The predicted molar refractivity (Wildman–Crippen MR) is 58.3 cm³/mol. The number of hydrogen-bond donors (Lipinski definition) is 1. The largest absolute Gasteiger partial charge is 0.369 e. The van der Waals surface area contributed by atoms with E-state index in [0.717, 1.165) is 26.2 Å². The lowest BCUT2D eigenvalue weighted by atomic mass is 10.1. The first-order valence-electron chi connectivity index (χ1n) is 5.25. The highest BCUT2D eigenvalue weighted by atomic mass is 16.5. The van der Waals surface area contributed by atoms with E-state index in [1.54, 1.807) is 21.0 Å². The molecule has 1 rings (SSSR count). The second-order valence-electron chi connectivity index (χ2n) is 4.45. The van der Waals surface area contributed by atoms with Crippen LogP contribution in [0.5, 0.6) is 0 Å². The second-order valence-corrected chi connectivity index (χ2v) is 4.45. The molecule has 1 fully saturated rings. The van der Waals surface area contributed by atoms with Gasteiger partial charge in [-0.2, -0.15) is 0 Å². The number of methoxy groups -OCH3 is 1. The van der Waals surface area contributed by atoms with Crippen molar-refractivity contribution in [3.8, 4) is 0 Å². The molecule has 5 heteroatoms. The number of nitrogens with one attached hydrogen (secondary N) is 1. The van der Waals surface area contributed by atoms with E-state index in [0.29, 0.717) is 0 Å². The van der Waals surface area contributed by atoms with Crippen molar-refractivity contribution in [1.29, 1.82) is 0 Å². The number of hydrazine groups is 1. The van der Waals surface area contributed by atoms with Crippen LogP contribution in [0.1, 0.15) is 13.8 Å². The summed E-state index contributed by atoms with van der Waals surface area (Å²) in [7, 11) is 3.63. The van der Waals surface area contributed by atoms with Gasteiger partial charge in [-0.3, -0.25) is 10.2 Å². The quantitative estimate of drug-likeness (QED) is 0.701. The van der Waals surface area contributed by atoms with Crippen molar-refractivity contribution in [3.05, 3.63) is 0 Å². The third-order valence-electron chi connectivity index (χ3n) is 2.82. The first-order valence-corrected chi connectivity index (χ1v) is 5.25. The third-order valence-corrected chi connectivity index (χ3v) is 2.82. The van der Waals surface area contributed by atoms with Crippen LogP contribution in [-0.4, -0.2) is 61.8 Å². The highest BCUT2D eigenvalue weighted by molar-refractivity contribution is 5.83. The van der Waals surface area contributed by atoms with Gasteiger partial charge < -0.3 is 9.64 Å². The Morgan fingerprint density at radius 1 is 1.27 bits per heavy atom. The van der Waals surface area contributed by atoms with E-state index in [1.165, 1.54) is 0 Å². The van der Waals surface area contributed by atoms with Crippen molar-refractivity contribution in [3.63, 3.8) is 0 Å². The van der Waals surface area contributed by atoms with E-state index in [2.05, 4.69) is 17.4 Å². The molecule has 1 amide bonds. The molecule has 1 N–H and O–H groups in total. The zero-order valence-corrected chi connectivity index (χ0v) is 10.0. The Kier molecular flexibility index (Phi) is 4.07. The van der Waals surface area contributed by atoms with Gasteiger partial charge in [0.25, 0.3) is 5.91 Å². The van der Waals surface area contributed by atoms with Gasteiger partial charge in [-0.25, -0.2) is 5.01 Å². The Bertz CT molecular complexity index is 223. The molecule has 0 atom stereocenters. The van der Waals surface area contributed by atoms with E-state index in [1.807, 2.05) is 5.01 Å². The summed E-state index contributed by atoms with van der Waals surface area (Å²) in [4.78, 5) is 14.0. The number of amides is 1. The zero-order chi connectivity index (χ0) is 11.5. The molecule has 0 saturated carbocycles. The average molecular weight is 215 g/mol. The van der Waals surface area contributed by atoms with Crippen LogP contribution < -0.4 is 5.43 Å². The average Bonchev–Trinajstić information content (AvgIpc) is 2.21. The molecule has 5 nitrogen and oxygen atoms in total. The summed E-state index contributed by atoms with van der Waals surface area (Å²) in [5.74, 6) is -0.0884. The number of rotatable bonds is 3. The highest BCUT2D eigenvalue weighted by Crippen LogP contribution is 2.07.